The summed E-state index contributed by atoms with van der Waals surface area (Å²) < 4.78 is 64.9. The van der Waals surface area contributed by atoms with Crippen molar-refractivity contribution in [2.45, 2.75) is 72.8 Å². The molecule has 2 aromatic rings. The van der Waals surface area contributed by atoms with Gasteiger partial charge in [-0.1, -0.05) is 23.2 Å². The number of carbonyl (C=O) groups is 2. The molecule has 0 aliphatic carbocycles. The van der Waals surface area contributed by atoms with Crippen LogP contribution in [0.1, 0.15) is 61.0 Å². The average molecular weight is 740 g/mol. The van der Waals surface area contributed by atoms with E-state index in [0.717, 1.165) is 6.07 Å². The minimum atomic E-state index is -4.85. The zero-order valence-electron chi connectivity index (χ0n) is 23.6. The average Bonchev–Trinajstić information content (AvgIpc) is 2.73. The van der Waals surface area contributed by atoms with E-state index in [1.54, 1.807) is 47.6 Å². The first-order valence-corrected chi connectivity index (χ1v) is 13.8. The maximum absolute atomic E-state index is 13.2. The molecule has 0 radical (unpaired) electrons. The van der Waals surface area contributed by atoms with E-state index in [4.69, 9.17) is 42.1 Å². The fourth-order valence-corrected chi connectivity index (χ4v) is 3.56. The maximum Gasteiger partial charge on any atom is 0.514 e. The lowest BCUT2D eigenvalue weighted by atomic mass is 10.2. The summed E-state index contributed by atoms with van der Waals surface area (Å²) in [7, 11) is 0. The lowest BCUT2D eigenvalue weighted by Gasteiger charge is -2.20. The Morgan fingerprint density at radius 1 is 0.878 bits per heavy atom. The summed E-state index contributed by atoms with van der Waals surface area (Å²) >= 11 is 13.6. The van der Waals surface area contributed by atoms with Crippen LogP contribution in [-0.2, 0) is 15.7 Å². The number of carbonyl (C=O) groups excluding carboxylic acids is 2. The standard InChI is InChI=1S/C13H15ClF3NO4.C12H16ClIN2O3/c1-5-20-10-9(13(15,16)17)7(6-8(14)18-10)21-11(19)22-12(2,3)4;1-5-18-10-9(14)7(6-8(13)16-10)15-11(17)19-12(2,3)4/h6H,5H2,1-4H3;6H,5H2,1-4H3,(H,15,16,17). The highest BCUT2D eigenvalue weighted by atomic mass is 127. The number of aromatic nitrogens is 2. The number of ether oxygens (including phenoxy) is 5. The fourth-order valence-electron chi connectivity index (χ4n) is 2.63. The molecule has 0 fully saturated rings. The minimum absolute atomic E-state index is 0.0672. The van der Waals surface area contributed by atoms with E-state index in [9.17, 15) is 22.8 Å². The summed E-state index contributed by atoms with van der Waals surface area (Å²) in [6.45, 7) is 13.8. The fraction of sp³-hybridized carbons (Fsp3) is 0.520. The van der Waals surface area contributed by atoms with Crippen molar-refractivity contribution < 1.29 is 46.4 Å². The van der Waals surface area contributed by atoms with Gasteiger partial charge in [0.05, 0.1) is 22.5 Å². The first-order chi connectivity index (χ1) is 18.7. The summed E-state index contributed by atoms with van der Waals surface area (Å²) in [5.74, 6) is -1.20. The first-order valence-electron chi connectivity index (χ1n) is 12.0. The van der Waals surface area contributed by atoms with Gasteiger partial charge in [-0.2, -0.15) is 13.2 Å². The topological polar surface area (TPSA) is 118 Å². The SMILES string of the molecule is CCOc1nc(Cl)cc(NC(=O)OC(C)(C)C)c1I.CCOc1nc(Cl)cc(OC(=O)OC(C)(C)C)c1C(F)(F)F. The number of pyridine rings is 2. The minimum Gasteiger partial charge on any atom is -0.477 e. The van der Waals surface area contributed by atoms with Gasteiger partial charge in [0.25, 0.3) is 0 Å². The van der Waals surface area contributed by atoms with E-state index in [1.165, 1.54) is 6.92 Å². The number of anilines is 1. The molecule has 0 bridgehead atoms. The number of hydrogen-bond acceptors (Lipinski definition) is 9. The highest BCUT2D eigenvalue weighted by molar-refractivity contribution is 14.1. The molecule has 2 aromatic heterocycles. The molecular formula is C25H31Cl2F3IN3O7. The van der Waals surface area contributed by atoms with E-state index < -0.39 is 46.8 Å². The Kier molecular flexibility index (Phi) is 13.5. The molecule has 0 unspecified atom stereocenters. The van der Waals surface area contributed by atoms with E-state index in [0.29, 0.717) is 21.7 Å². The quantitative estimate of drug-likeness (QED) is 0.177. The first kappa shape index (κ1) is 36.6. The van der Waals surface area contributed by atoms with Crippen molar-refractivity contribution in [2.24, 2.45) is 0 Å². The summed E-state index contributed by atoms with van der Waals surface area (Å²) in [4.78, 5) is 30.8. The Hall–Kier alpha value is -2.46. The molecule has 2 rings (SSSR count). The van der Waals surface area contributed by atoms with Gasteiger partial charge in [0.15, 0.2) is 11.3 Å². The predicted molar refractivity (Wildman–Crippen MR) is 155 cm³/mol. The van der Waals surface area contributed by atoms with Gasteiger partial charge in [0.1, 0.15) is 21.5 Å². The summed E-state index contributed by atoms with van der Waals surface area (Å²) in [5.41, 5.74) is -2.30. The molecule has 0 aliphatic heterocycles. The van der Waals surface area contributed by atoms with E-state index >= 15 is 0 Å². The summed E-state index contributed by atoms with van der Waals surface area (Å²) in [6, 6.07) is 2.33. The second-order valence-corrected chi connectivity index (χ2v) is 11.6. The molecule has 10 nitrogen and oxygen atoms in total. The maximum atomic E-state index is 13.2. The molecule has 0 atom stereocenters. The number of halogens is 6. The number of rotatable bonds is 6. The van der Waals surface area contributed by atoms with Gasteiger partial charge in [0, 0.05) is 12.1 Å². The summed E-state index contributed by atoms with van der Waals surface area (Å²) in [6.07, 6.45) is -6.68. The van der Waals surface area contributed by atoms with Gasteiger partial charge in [-0.05, 0) is 78.0 Å². The molecule has 41 heavy (non-hydrogen) atoms. The molecule has 1 N–H and O–H groups in total. The number of nitrogens with zero attached hydrogens (tertiary/aromatic N) is 2. The van der Waals surface area contributed by atoms with Gasteiger partial charge >= 0.3 is 18.4 Å². The predicted octanol–water partition coefficient (Wildman–Crippen LogP) is 8.55. The molecule has 0 aromatic carbocycles. The molecule has 2 heterocycles. The van der Waals surface area contributed by atoms with E-state index in [1.807, 2.05) is 29.5 Å². The third kappa shape index (κ3) is 13.4. The second-order valence-electron chi connectivity index (χ2n) is 9.79. The van der Waals surface area contributed by atoms with Crippen molar-refractivity contribution in [3.05, 3.63) is 31.6 Å². The monoisotopic (exact) mass is 739 g/mol. The van der Waals surface area contributed by atoms with E-state index in [2.05, 4.69) is 20.0 Å². The van der Waals surface area contributed by atoms with E-state index in [-0.39, 0.29) is 16.9 Å². The third-order valence-corrected chi connectivity index (χ3v) is 5.31. The van der Waals surface area contributed by atoms with Crippen LogP contribution in [0.15, 0.2) is 12.1 Å². The van der Waals surface area contributed by atoms with Crippen LogP contribution < -0.4 is 19.5 Å². The number of nitrogens with one attached hydrogen (secondary N) is 1. The molecule has 230 valence electrons. The van der Waals surface area contributed by atoms with Gasteiger partial charge in [0.2, 0.25) is 11.8 Å². The molecule has 1 amide bonds. The van der Waals surface area contributed by atoms with Crippen LogP contribution in [0.3, 0.4) is 0 Å². The molecular weight excluding hydrogens is 709 g/mol. The summed E-state index contributed by atoms with van der Waals surface area (Å²) in [5, 5.41) is 2.57. The largest absolute Gasteiger partial charge is 0.514 e. The third-order valence-electron chi connectivity index (χ3n) is 3.88. The number of amides is 1. The highest BCUT2D eigenvalue weighted by Gasteiger charge is 2.41. The van der Waals surface area contributed by atoms with Crippen LogP contribution in [0.2, 0.25) is 10.3 Å². The Balaban J connectivity index is 0.000000414. The lowest BCUT2D eigenvalue weighted by Crippen LogP contribution is -2.27. The van der Waals surface area contributed by atoms with Crippen LogP contribution in [0.4, 0.5) is 28.4 Å². The second kappa shape index (κ2) is 15.1. The molecule has 16 heteroatoms. The lowest BCUT2D eigenvalue weighted by molar-refractivity contribution is -0.140. The normalized spacial score (nSPS) is 11.6. The molecule has 0 saturated carbocycles. The molecule has 0 saturated heterocycles. The Morgan fingerprint density at radius 2 is 1.37 bits per heavy atom. The van der Waals surface area contributed by atoms with Crippen molar-refractivity contribution in [3.8, 4) is 17.5 Å². The Labute approximate surface area is 259 Å². The van der Waals surface area contributed by atoms with Crippen molar-refractivity contribution in [3.63, 3.8) is 0 Å². The van der Waals surface area contributed by atoms with Crippen molar-refractivity contribution in [1.82, 2.24) is 9.97 Å². The van der Waals surface area contributed by atoms with Crippen molar-refractivity contribution in [2.75, 3.05) is 18.5 Å². The van der Waals surface area contributed by atoms with Gasteiger partial charge in [-0.25, -0.2) is 19.6 Å². The van der Waals surface area contributed by atoms with Gasteiger partial charge in [-0.3, -0.25) is 5.32 Å². The zero-order valence-corrected chi connectivity index (χ0v) is 27.3. The van der Waals surface area contributed by atoms with Crippen molar-refractivity contribution in [1.29, 1.82) is 0 Å². The van der Waals surface area contributed by atoms with Crippen LogP contribution >= 0.6 is 45.8 Å². The van der Waals surface area contributed by atoms with Gasteiger partial charge < -0.3 is 23.7 Å². The van der Waals surface area contributed by atoms with Crippen LogP contribution in [-0.4, -0.2) is 46.6 Å². The Morgan fingerprint density at radius 3 is 1.85 bits per heavy atom. The number of alkyl halides is 3. The smallest absolute Gasteiger partial charge is 0.477 e. The number of hydrogen-bond donors (Lipinski definition) is 1. The molecule has 0 aliphatic rings. The highest BCUT2D eigenvalue weighted by Crippen LogP contribution is 2.43. The molecule has 0 spiro atoms. The van der Waals surface area contributed by atoms with Crippen molar-refractivity contribution >= 4 is 63.7 Å². The van der Waals surface area contributed by atoms with Crippen LogP contribution in [0.5, 0.6) is 17.5 Å². The van der Waals surface area contributed by atoms with Crippen LogP contribution in [0, 0.1) is 3.57 Å². The van der Waals surface area contributed by atoms with Crippen LogP contribution in [0.25, 0.3) is 0 Å². The van der Waals surface area contributed by atoms with Gasteiger partial charge in [-0.15, -0.1) is 0 Å². The zero-order chi connectivity index (χ0) is 31.8. The Bertz CT molecular complexity index is 1220.